The lowest BCUT2D eigenvalue weighted by Crippen LogP contribution is -2.06. The Morgan fingerprint density at radius 3 is 1.36 bits per heavy atom. The highest BCUT2D eigenvalue weighted by Gasteiger charge is 2.03. The molecule has 0 aromatic heterocycles. The lowest BCUT2D eigenvalue weighted by atomic mass is 10.1. The van der Waals surface area contributed by atoms with E-state index in [2.05, 4.69) is 0 Å². The van der Waals surface area contributed by atoms with Crippen molar-refractivity contribution in [3.63, 3.8) is 0 Å². The van der Waals surface area contributed by atoms with Gasteiger partial charge in [0.25, 0.3) is 0 Å². The summed E-state index contributed by atoms with van der Waals surface area (Å²) >= 11 is 0. The normalized spacial score (nSPS) is 10.6. The molecule has 0 aromatic rings. The van der Waals surface area contributed by atoms with Gasteiger partial charge in [0.15, 0.2) is 0 Å². The highest BCUT2D eigenvalue weighted by molar-refractivity contribution is 5.69. The molecule has 0 fully saturated rings. The number of rotatable bonds is 18. The standard InChI is InChI=1S/C19H36O6/c20-14-9-10-16-24-18(22)12-7-5-3-1-2-4-6-8-13-19(23)25-17-11-15-21/h20-21H,1-17H2. The number of hydrogen-bond acceptors (Lipinski definition) is 6. The maximum absolute atomic E-state index is 11.4. The van der Waals surface area contributed by atoms with E-state index in [9.17, 15) is 9.59 Å². The number of carbonyl (C=O) groups is 2. The van der Waals surface area contributed by atoms with Crippen molar-refractivity contribution < 1.29 is 29.3 Å². The maximum Gasteiger partial charge on any atom is 0.305 e. The maximum atomic E-state index is 11.4. The Balaban J connectivity index is 3.20. The summed E-state index contributed by atoms with van der Waals surface area (Å²) in [6.07, 6.45) is 11.2. The molecule has 0 bridgehead atoms. The van der Waals surface area contributed by atoms with Crippen molar-refractivity contribution in [2.24, 2.45) is 0 Å². The highest BCUT2D eigenvalue weighted by atomic mass is 16.5. The minimum absolute atomic E-state index is 0.0547. The molecule has 0 unspecified atom stereocenters. The van der Waals surface area contributed by atoms with Gasteiger partial charge >= 0.3 is 11.9 Å². The molecule has 6 nitrogen and oxygen atoms in total. The third-order valence-electron chi connectivity index (χ3n) is 3.89. The zero-order chi connectivity index (χ0) is 18.6. The molecule has 0 amide bonds. The van der Waals surface area contributed by atoms with Crippen LogP contribution in [0.3, 0.4) is 0 Å². The third kappa shape index (κ3) is 19.0. The summed E-state index contributed by atoms with van der Waals surface area (Å²) < 4.78 is 10.0. The fourth-order valence-electron chi connectivity index (χ4n) is 2.39. The van der Waals surface area contributed by atoms with Gasteiger partial charge in [0.05, 0.1) is 13.2 Å². The molecule has 0 rings (SSSR count). The molecule has 0 atom stereocenters. The molecule has 0 heterocycles. The van der Waals surface area contributed by atoms with Crippen molar-refractivity contribution in [3.05, 3.63) is 0 Å². The van der Waals surface area contributed by atoms with Gasteiger partial charge in [0.2, 0.25) is 0 Å². The van der Waals surface area contributed by atoms with E-state index in [1.807, 2.05) is 0 Å². The van der Waals surface area contributed by atoms with Crippen molar-refractivity contribution in [2.45, 2.75) is 83.5 Å². The summed E-state index contributed by atoms with van der Waals surface area (Å²) in [4.78, 5) is 22.7. The number of aliphatic hydroxyl groups is 2. The van der Waals surface area contributed by atoms with Gasteiger partial charge in [0, 0.05) is 32.5 Å². The van der Waals surface area contributed by atoms with Crippen LogP contribution < -0.4 is 0 Å². The van der Waals surface area contributed by atoms with E-state index in [0.717, 1.165) is 57.8 Å². The Kier molecular flexibility index (Phi) is 18.3. The Labute approximate surface area is 151 Å². The van der Waals surface area contributed by atoms with Crippen molar-refractivity contribution in [3.8, 4) is 0 Å². The summed E-state index contributed by atoms with van der Waals surface area (Å²) in [6.45, 7) is 0.922. The molecule has 2 N–H and O–H groups in total. The average molecular weight is 360 g/mol. The summed E-state index contributed by atoms with van der Waals surface area (Å²) in [5.41, 5.74) is 0. The number of hydrogen-bond donors (Lipinski definition) is 2. The van der Waals surface area contributed by atoms with Crippen LogP contribution in [0, 0.1) is 0 Å². The first kappa shape index (κ1) is 23.9. The van der Waals surface area contributed by atoms with Crippen molar-refractivity contribution in [1.29, 1.82) is 0 Å². The van der Waals surface area contributed by atoms with E-state index in [1.54, 1.807) is 0 Å². The van der Waals surface area contributed by atoms with Gasteiger partial charge in [-0.25, -0.2) is 0 Å². The van der Waals surface area contributed by atoms with Gasteiger partial charge in [-0.1, -0.05) is 38.5 Å². The van der Waals surface area contributed by atoms with Crippen molar-refractivity contribution >= 4 is 11.9 Å². The van der Waals surface area contributed by atoms with Crippen LogP contribution in [-0.4, -0.2) is 48.6 Å². The number of aliphatic hydroxyl groups excluding tert-OH is 2. The largest absolute Gasteiger partial charge is 0.466 e. The molecule has 0 aromatic carbocycles. The van der Waals surface area contributed by atoms with Crippen LogP contribution in [-0.2, 0) is 19.1 Å². The number of unbranched alkanes of at least 4 members (excludes halogenated alkanes) is 8. The average Bonchev–Trinajstić information content (AvgIpc) is 2.60. The molecular weight excluding hydrogens is 324 g/mol. The summed E-state index contributed by atoms with van der Waals surface area (Å²) in [6, 6.07) is 0. The lowest BCUT2D eigenvalue weighted by molar-refractivity contribution is -0.144. The van der Waals surface area contributed by atoms with Crippen LogP contribution in [0.2, 0.25) is 0 Å². The monoisotopic (exact) mass is 360 g/mol. The van der Waals surface area contributed by atoms with E-state index >= 15 is 0 Å². The molecule has 0 aliphatic rings. The van der Waals surface area contributed by atoms with Crippen LogP contribution in [0.25, 0.3) is 0 Å². The zero-order valence-corrected chi connectivity index (χ0v) is 15.5. The quantitative estimate of drug-likeness (QED) is 0.288. The Bertz CT molecular complexity index is 319. The second-order valence-electron chi connectivity index (χ2n) is 6.28. The summed E-state index contributed by atoms with van der Waals surface area (Å²) in [5.74, 6) is -0.305. The molecule has 0 aliphatic carbocycles. The molecule has 25 heavy (non-hydrogen) atoms. The van der Waals surface area contributed by atoms with Gasteiger partial charge < -0.3 is 19.7 Å². The van der Waals surface area contributed by atoms with Crippen LogP contribution in [0.1, 0.15) is 83.5 Å². The van der Waals surface area contributed by atoms with Crippen LogP contribution in [0.4, 0.5) is 0 Å². The molecule has 6 heteroatoms. The minimum Gasteiger partial charge on any atom is -0.466 e. The van der Waals surface area contributed by atoms with E-state index in [1.165, 1.54) is 0 Å². The first-order valence-corrected chi connectivity index (χ1v) is 9.73. The Hall–Kier alpha value is -1.14. The number of carbonyl (C=O) groups excluding carboxylic acids is 2. The molecule has 0 aliphatic heterocycles. The van der Waals surface area contributed by atoms with E-state index in [-0.39, 0.29) is 25.2 Å². The topological polar surface area (TPSA) is 93.1 Å². The molecule has 148 valence electrons. The van der Waals surface area contributed by atoms with Crippen molar-refractivity contribution in [2.75, 3.05) is 26.4 Å². The first-order chi connectivity index (χ1) is 12.2. The number of ether oxygens (including phenoxy) is 2. The first-order valence-electron chi connectivity index (χ1n) is 9.73. The van der Waals surface area contributed by atoms with Gasteiger partial charge in [-0.2, -0.15) is 0 Å². The molecule has 0 saturated heterocycles. The highest BCUT2D eigenvalue weighted by Crippen LogP contribution is 2.11. The second kappa shape index (κ2) is 19.2. The van der Waals surface area contributed by atoms with Crippen LogP contribution >= 0.6 is 0 Å². The summed E-state index contributed by atoms with van der Waals surface area (Å²) in [7, 11) is 0. The second-order valence-corrected chi connectivity index (χ2v) is 6.28. The van der Waals surface area contributed by atoms with Gasteiger partial charge in [0.1, 0.15) is 0 Å². The van der Waals surface area contributed by atoms with E-state index in [0.29, 0.717) is 38.9 Å². The fraction of sp³-hybridized carbons (Fsp3) is 0.895. The molecule has 0 saturated carbocycles. The predicted molar refractivity (Wildman–Crippen MR) is 96.1 cm³/mol. The Morgan fingerprint density at radius 2 is 0.920 bits per heavy atom. The number of esters is 2. The minimum atomic E-state index is -0.170. The zero-order valence-electron chi connectivity index (χ0n) is 15.5. The Morgan fingerprint density at radius 1 is 0.520 bits per heavy atom. The van der Waals surface area contributed by atoms with Gasteiger partial charge in [-0.15, -0.1) is 0 Å². The predicted octanol–water partition coefficient (Wildman–Crippen LogP) is 3.13. The van der Waals surface area contributed by atoms with Crippen LogP contribution in [0.15, 0.2) is 0 Å². The van der Waals surface area contributed by atoms with Gasteiger partial charge in [-0.3, -0.25) is 9.59 Å². The van der Waals surface area contributed by atoms with Gasteiger partial charge in [-0.05, 0) is 25.7 Å². The molecule has 0 radical (unpaired) electrons. The van der Waals surface area contributed by atoms with Crippen LogP contribution in [0.5, 0.6) is 0 Å². The molecule has 0 spiro atoms. The SMILES string of the molecule is O=C(CCCCCCCCCCC(=O)OCCCCO)OCCCO. The third-order valence-corrected chi connectivity index (χ3v) is 3.89. The smallest absolute Gasteiger partial charge is 0.305 e. The fourth-order valence-corrected chi connectivity index (χ4v) is 2.39. The molecular formula is C19H36O6. The van der Waals surface area contributed by atoms with Crippen molar-refractivity contribution in [1.82, 2.24) is 0 Å². The summed E-state index contributed by atoms with van der Waals surface area (Å²) in [5, 5.41) is 17.2. The lowest BCUT2D eigenvalue weighted by Gasteiger charge is -2.05. The van der Waals surface area contributed by atoms with E-state index in [4.69, 9.17) is 19.7 Å². The van der Waals surface area contributed by atoms with E-state index < -0.39 is 0 Å².